The Bertz CT molecular complexity index is 896. The number of pyridine rings is 1. The summed E-state index contributed by atoms with van der Waals surface area (Å²) in [5.74, 6) is -0.896. The number of ketones is 1. The number of halogens is 1. The first-order valence-corrected chi connectivity index (χ1v) is 9.57. The van der Waals surface area contributed by atoms with Crippen molar-refractivity contribution in [2.75, 3.05) is 5.32 Å². The third kappa shape index (κ3) is 5.16. The lowest BCUT2D eigenvalue weighted by atomic mass is 10.0. The topological polar surface area (TPSA) is 85.4 Å². The van der Waals surface area contributed by atoms with Crippen LogP contribution < -0.4 is 5.32 Å². The van der Waals surface area contributed by atoms with E-state index in [9.17, 15) is 14.4 Å². The van der Waals surface area contributed by atoms with Gasteiger partial charge in [0, 0.05) is 18.2 Å². The van der Waals surface area contributed by atoms with Gasteiger partial charge in [0.2, 0.25) is 0 Å². The normalized spacial score (nSPS) is 13.5. The summed E-state index contributed by atoms with van der Waals surface area (Å²) in [6.45, 7) is 1.46. The zero-order valence-electron chi connectivity index (χ0n) is 15.5. The van der Waals surface area contributed by atoms with Gasteiger partial charge in [-0.25, -0.2) is 4.98 Å². The van der Waals surface area contributed by atoms with E-state index in [1.54, 1.807) is 12.1 Å². The minimum Gasteiger partial charge on any atom is -0.453 e. The molecule has 1 N–H and O–H groups in total. The number of fused-ring (bicyclic) bond motifs is 1. The number of Topliss-reactive ketones (excluding diaryl/α,β-unsaturated/α-hetero) is 1. The summed E-state index contributed by atoms with van der Waals surface area (Å²) < 4.78 is 5.11. The van der Waals surface area contributed by atoms with Gasteiger partial charge in [0.1, 0.15) is 5.82 Å². The number of rotatable bonds is 7. The summed E-state index contributed by atoms with van der Waals surface area (Å²) in [7, 11) is 0. The second-order valence-corrected chi connectivity index (χ2v) is 7.18. The number of benzene rings is 1. The fraction of sp³-hybridized carbons (Fsp3) is 0.333. The number of hydrogen-bond acceptors (Lipinski definition) is 5. The molecule has 2 aromatic rings. The summed E-state index contributed by atoms with van der Waals surface area (Å²) >= 11 is 5.74. The molecule has 6 nitrogen and oxygen atoms in total. The third-order valence-corrected chi connectivity index (χ3v) is 4.86. The molecular formula is C21H21ClN2O4. The van der Waals surface area contributed by atoms with E-state index in [1.165, 1.54) is 24.2 Å². The van der Waals surface area contributed by atoms with Gasteiger partial charge in [-0.2, -0.15) is 0 Å². The van der Waals surface area contributed by atoms with Crippen LogP contribution in [0.5, 0.6) is 0 Å². The van der Waals surface area contributed by atoms with Crippen LogP contribution in [0.4, 0.5) is 5.82 Å². The van der Waals surface area contributed by atoms with Crippen LogP contribution in [-0.4, -0.2) is 28.7 Å². The number of aryl methyl sites for hydroxylation is 2. The smallest absolute Gasteiger partial charge is 0.307 e. The van der Waals surface area contributed by atoms with Gasteiger partial charge < -0.3 is 10.1 Å². The van der Waals surface area contributed by atoms with E-state index < -0.39 is 18.0 Å². The highest BCUT2D eigenvalue weighted by atomic mass is 35.5. The standard InChI is InChI=1S/C21H21ClN2O4/c1-13(21(27)24-19-9-7-17(22)12-23-19)28-20(26)10-8-18(25)16-6-5-14-3-2-4-15(14)11-16/h5-7,9,11-13H,2-4,8,10H2,1H3,(H,23,24,27)/t13-/m0/s1. The molecule has 1 aromatic heterocycles. The lowest BCUT2D eigenvalue weighted by Crippen LogP contribution is -2.30. The molecule has 1 aliphatic rings. The number of hydrogen-bond donors (Lipinski definition) is 1. The molecule has 1 aliphatic carbocycles. The average Bonchev–Trinajstić information content (AvgIpc) is 3.15. The fourth-order valence-electron chi connectivity index (χ4n) is 3.09. The Balaban J connectivity index is 1.46. The van der Waals surface area contributed by atoms with Gasteiger partial charge in [0.25, 0.3) is 5.91 Å². The molecule has 0 bridgehead atoms. The van der Waals surface area contributed by atoms with Gasteiger partial charge in [-0.3, -0.25) is 14.4 Å². The number of amides is 1. The first-order chi connectivity index (χ1) is 13.4. The maximum atomic E-state index is 12.3. The highest BCUT2D eigenvalue weighted by molar-refractivity contribution is 6.30. The van der Waals surface area contributed by atoms with E-state index in [0.717, 1.165) is 19.3 Å². The van der Waals surface area contributed by atoms with Gasteiger partial charge in [-0.1, -0.05) is 23.7 Å². The van der Waals surface area contributed by atoms with Crippen molar-refractivity contribution in [2.24, 2.45) is 0 Å². The molecule has 7 heteroatoms. The van der Waals surface area contributed by atoms with Crippen LogP contribution in [0.2, 0.25) is 5.02 Å². The van der Waals surface area contributed by atoms with E-state index in [2.05, 4.69) is 10.3 Å². The van der Waals surface area contributed by atoms with Crippen molar-refractivity contribution in [1.29, 1.82) is 0 Å². The zero-order valence-corrected chi connectivity index (χ0v) is 16.3. The number of ether oxygens (including phenoxy) is 1. The number of esters is 1. The van der Waals surface area contributed by atoms with Crippen LogP contribution in [0.1, 0.15) is 47.7 Å². The lowest BCUT2D eigenvalue weighted by Gasteiger charge is -2.13. The van der Waals surface area contributed by atoms with Gasteiger partial charge >= 0.3 is 5.97 Å². The van der Waals surface area contributed by atoms with E-state index in [0.29, 0.717) is 16.4 Å². The Morgan fingerprint density at radius 2 is 1.93 bits per heavy atom. The van der Waals surface area contributed by atoms with Gasteiger partial charge in [-0.05, 0) is 55.5 Å². The van der Waals surface area contributed by atoms with Crippen LogP contribution in [0, 0.1) is 0 Å². The van der Waals surface area contributed by atoms with Crippen molar-refractivity contribution in [2.45, 2.75) is 45.1 Å². The number of carbonyl (C=O) groups is 3. The molecule has 0 saturated carbocycles. The number of anilines is 1. The molecule has 1 aromatic carbocycles. The second kappa shape index (κ2) is 8.97. The number of carbonyl (C=O) groups excluding carboxylic acids is 3. The Morgan fingerprint density at radius 1 is 1.14 bits per heavy atom. The Kier molecular flexibility index (Phi) is 6.41. The highest BCUT2D eigenvalue weighted by Crippen LogP contribution is 2.23. The number of aromatic nitrogens is 1. The van der Waals surface area contributed by atoms with E-state index >= 15 is 0 Å². The first-order valence-electron chi connectivity index (χ1n) is 9.19. The molecule has 0 saturated heterocycles. The molecule has 0 aliphatic heterocycles. The summed E-state index contributed by atoms with van der Waals surface area (Å²) in [5, 5.41) is 2.99. The molecule has 3 rings (SSSR count). The van der Waals surface area contributed by atoms with Crippen LogP contribution in [-0.2, 0) is 27.2 Å². The van der Waals surface area contributed by atoms with Crippen LogP contribution in [0.3, 0.4) is 0 Å². The minimum atomic E-state index is -1.000. The molecule has 0 fully saturated rings. The summed E-state index contributed by atoms with van der Waals surface area (Å²) in [6, 6.07) is 8.86. The highest BCUT2D eigenvalue weighted by Gasteiger charge is 2.20. The van der Waals surface area contributed by atoms with Crippen molar-refractivity contribution in [3.05, 3.63) is 58.2 Å². The number of nitrogens with zero attached hydrogens (tertiary/aromatic N) is 1. The van der Waals surface area contributed by atoms with Crippen molar-refractivity contribution >= 4 is 35.1 Å². The fourth-order valence-corrected chi connectivity index (χ4v) is 3.20. The summed E-state index contributed by atoms with van der Waals surface area (Å²) in [6.07, 6.45) is 3.54. The lowest BCUT2D eigenvalue weighted by molar-refractivity contribution is -0.153. The molecule has 0 spiro atoms. The van der Waals surface area contributed by atoms with Crippen molar-refractivity contribution in [3.63, 3.8) is 0 Å². The zero-order chi connectivity index (χ0) is 20.1. The quantitative estimate of drug-likeness (QED) is 0.565. The van der Waals surface area contributed by atoms with E-state index in [-0.39, 0.29) is 18.6 Å². The molecule has 28 heavy (non-hydrogen) atoms. The Morgan fingerprint density at radius 3 is 2.68 bits per heavy atom. The maximum Gasteiger partial charge on any atom is 0.307 e. The van der Waals surface area contributed by atoms with Crippen LogP contribution in [0.15, 0.2) is 36.5 Å². The predicted molar refractivity (Wildman–Crippen MR) is 105 cm³/mol. The first kappa shape index (κ1) is 20.0. The largest absolute Gasteiger partial charge is 0.453 e. The molecule has 1 heterocycles. The van der Waals surface area contributed by atoms with E-state index in [1.807, 2.05) is 18.2 Å². The molecule has 1 atom stereocenters. The molecule has 0 unspecified atom stereocenters. The third-order valence-electron chi connectivity index (χ3n) is 4.63. The molecule has 0 radical (unpaired) electrons. The Hall–Kier alpha value is -2.73. The second-order valence-electron chi connectivity index (χ2n) is 6.74. The van der Waals surface area contributed by atoms with Crippen LogP contribution in [0.25, 0.3) is 0 Å². The van der Waals surface area contributed by atoms with Gasteiger partial charge in [0.05, 0.1) is 11.4 Å². The monoisotopic (exact) mass is 400 g/mol. The van der Waals surface area contributed by atoms with Crippen molar-refractivity contribution < 1.29 is 19.1 Å². The summed E-state index contributed by atoms with van der Waals surface area (Å²) in [4.78, 5) is 40.3. The number of nitrogens with one attached hydrogen (secondary N) is 1. The van der Waals surface area contributed by atoms with Crippen LogP contribution >= 0.6 is 11.6 Å². The van der Waals surface area contributed by atoms with E-state index in [4.69, 9.17) is 16.3 Å². The molecular weight excluding hydrogens is 380 g/mol. The summed E-state index contributed by atoms with van der Waals surface area (Å²) in [5.41, 5.74) is 3.13. The average molecular weight is 401 g/mol. The maximum absolute atomic E-state index is 12.3. The SMILES string of the molecule is C[C@H](OC(=O)CCC(=O)c1ccc2c(c1)CCC2)C(=O)Nc1ccc(Cl)cn1. The molecule has 146 valence electrons. The van der Waals surface area contributed by atoms with Crippen molar-refractivity contribution in [3.8, 4) is 0 Å². The predicted octanol–water partition coefficient (Wildman–Crippen LogP) is 3.76. The van der Waals surface area contributed by atoms with Gasteiger partial charge in [-0.15, -0.1) is 0 Å². The Labute approximate surface area is 168 Å². The minimum absolute atomic E-state index is 0.0463. The molecule has 1 amide bonds. The van der Waals surface area contributed by atoms with Crippen molar-refractivity contribution in [1.82, 2.24) is 4.98 Å². The van der Waals surface area contributed by atoms with Gasteiger partial charge in [0.15, 0.2) is 11.9 Å².